The van der Waals surface area contributed by atoms with Gasteiger partial charge in [-0.2, -0.15) is 0 Å². The summed E-state index contributed by atoms with van der Waals surface area (Å²) in [6, 6.07) is 0. The van der Waals surface area contributed by atoms with Gasteiger partial charge in [-0.25, -0.2) is 0 Å². The van der Waals surface area contributed by atoms with Crippen LogP contribution in [-0.4, -0.2) is 37.2 Å². The highest BCUT2D eigenvalue weighted by Gasteiger charge is 2.19. The minimum atomic E-state index is -0.817. The van der Waals surface area contributed by atoms with E-state index in [1.807, 2.05) is 30.4 Å². The summed E-state index contributed by atoms with van der Waals surface area (Å²) in [5.74, 6) is -1.07. The van der Waals surface area contributed by atoms with Gasteiger partial charge in [0.2, 0.25) is 0 Å². The van der Waals surface area contributed by atoms with Crippen LogP contribution in [0.5, 0.6) is 0 Å². The van der Waals surface area contributed by atoms with Crippen molar-refractivity contribution in [2.24, 2.45) is 0 Å². The van der Waals surface area contributed by atoms with Crippen LogP contribution in [0.25, 0.3) is 0 Å². The lowest BCUT2D eigenvalue weighted by atomic mass is 10.0. The molecule has 1 unspecified atom stereocenters. The first kappa shape index (κ1) is 50.6. The average molecular weight is 751 g/mol. The van der Waals surface area contributed by atoms with E-state index in [2.05, 4.69) is 69.4 Å². The highest BCUT2D eigenvalue weighted by molar-refractivity contribution is 5.72. The largest absolute Gasteiger partial charge is 0.462 e. The Morgan fingerprint density at radius 2 is 0.870 bits per heavy atom. The fourth-order valence-corrected chi connectivity index (χ4v) is 5.57. The van der Waals surface area contributed by atoms with Gasteiger partial charge in [-0.1, -0.05) is 196 Å². The van der Waals surface area contributed by atoms with Gasteiger partial charge in [0.05, 0.1) is 6.42 Å². The fourth-order valence-electron chi connectivity index (χ4n) is 5.57. The second-order valence-corrected chi connectivity index (χ2v) is 14.0. The van der Waals surface area contributed by atoms with Crippen LogP contribution in [0.1, 0.15) is 181 Å². The van der Waals surface area contributed by atoms with Gasteiger partial charge in [0, 0.05) is 12.8 Å². The highest BCUT2D eigenvalue weighted by Crippen LogP contribution is 2.14. The van der Waals surface area contributed by atoms with E-state index in [9.17, 15) is 14.4 Å². The summed E-state index contributed by atoms with van der Waals surface area (Å²) in [5, 5.41) is 0. The van der Waals surface area contributed by atoms with E-state index < -0.39 is 12.1 Å². The third-order valence-electron chi connectivity index (χ3n) is 8.77. The Morgan fingerprint density at radius 1 is 0.426 bits per heavy atom. The molecule has 54 heavy (non-hydrogen) atoms. The molecule has 0 aromatic carbocycles. The SMILES string of the molecule is CC\C=C/C=C\C=C/C=C\CCCCCCCC(=O)OCC(COC(=O)C/C=C\C/C=C\C/C=C\CC)OC(=O)CCCCCCCCCCCCCC. The zero-order chi connectivity index (χ0) is 39.4. The van der Waals surface area contributed by atoms with Gasteiger partial charge in [0.15, 0.2) is 6.10 Å². The molecule has 0 saturated heterocycles. The molecule has 0 N–H and O–H groups in total. The first-order chi connectivity index (χ1) is 26.5. The first-order valence-corrected chi connectivity index (χ1v) is 21.6. The van der Waals surface area contributed by atoms with Crippen LogP contribution in [0.4, 0.5) is 0 Å². The van der Waals surface area contributed by atoms with Crippen LogP contribution in [0.3, 0.4) is 0 Å². The van der Waals surface area contributed by atoms with Crippen LogP contribution in [0.15, 0.2) is 85.1 Å². The molecule has 0 saturated carbocycles. The molecule has 0 rings (SSSR count). The smallest absolute Gasteiger partial charge is 0.309 e. The molecule has 0 radical (unpaired) electrons. The molecule has 0 bridgehead atoms. The van der Waals surface area contributed by atoms with Gasteiger partial charge in [0.25, 0.3) is 0 Å². The minimum Gasteiger partial charge on any atom is -0.462 e. The Hall–Kier alpha value is -3.41. The molecule has 0 aromatic heterocycles. The molecule has 0 heterocycles. The van der Waals surface area contributed by atoms with Crippen LogP contribution in [0, 0.1) is 0 Å². The quantitative estimate of drug-likeness (QED) is 0.0207. The number of ether oxygens (including phenoxy) is 3. The Morgan fingerprint density at radius 3 is 1.44 bits per heavy atom. The van der Waals surface area contributed by atoms with Gasteiger partial charge in [0.1, 0.15) is 13.2 Å². The van der Waals surface area contributed by atoms with Gasteiger partial charge in [-0.15, -0.1) is 0 Å². The van der Waals surface area contributed by atoms with Crippen LogP contribution < -0.4 is 0 Å². The van der Waals surface area contributed by atoms with Crippen molar-refractivity contribution in [2.45, 2.75) is 187 Å². The first-order valence-electron chi connectivity index (χ1n) is 21.6. The van der Waals surface area contributed by atoms with E-state index in [0.717, 1.165) is 83.5 Å². The molecule has 0 aliphatic rings. The third-order valence-corrected chi connectivity index (χ3v) is 8.77. The maximum Gasteiger partial charge on any atom is 0.309 e. The van der Waals surface area contributed by atoms with Gasteiger partial charge >= 0.3 is 17.9 Å². The lowest BCUT2D eigenvalue weighted by molar-refractivity contribution is -0.166. The molecule has 0 aromatic rings. The zero-order valence-electron chi connectivity index (χ0n) is 34.7. The Bertz CT molecular complexity index is 1090. The van der Waals surface area contributed by atoms with E-state index in [0.29, 0.717) is 12.8 Å². The third kappa shape index (κ3) is 39.8. The van der Waals surface area contributed by atoms with Gasteiger partial charge in [-0.3, -0.25) is 14.4 Å². The number of carbonyl (C=O) groups is 3. The summed E-state index contributed by atoms with van der Waals surface area (Å²) in [6.07, 6.45) is 53.1. The normalized spacial score (nSPS) is 12.9. The fraction of sp³-hybridized carbons (Fsp3) is 0.646. The number of carbonyl (C=O) groups excluding carboxylic acids is 3. The van der Waals surface area contributed by atoms with Crippen LogP contribution in [-0.2, 0) is 28.6 Å². The summed E-state index contributed by atoms with van der Waals surface area (Å²) in [4.78, 5) is 37.5. The zero-order valence-corrected chi connectivity index (χ0v) is 34.7. The maximum absolute atomic E-state index is 12.7. The van der Waals surface area contributed by atoms with Crippen molar-refractivity contribution < 1.29 is 28.6 Å². The molecule has 0 aliphatic carbocycles. The van der Waals surface area contributed by atoms with Crippen molar-refractivity contribution >= 4 is 17.9 Å². The van der Waals surface area contributed by atoms with E-state index >= 15 is 0 Å². The van der Waals surface area contributed by atoms with Crippen molar-refractivity contribution in [3.63, 3.8) is 0 Å². The Labute approximate surface area is 331 Å². The summed E-state index contributed by atoms with van der Waals surface area (Å²) in [6.45, 7) is 6.23. The predicted octanol–water partition coefficient (Wildman–Crippen LogP) is 13.7. The van der Waals surface area contributed by atoms with Crippen molar-refractivity contribution in [1.82, 2.24) is 0 Å². The number of esters is 3. The molecular weight excluding hydrogens is 673 g/mol. The molecule has 306 valence electrons. The van der Waals surface area contributed by atoms with E-state index in [1.54, 1.807) is 6.08 Å². The molecule has 6 nitrogen and oxygen atoms in total. The lowest BCUT2D eigenvalue weighted by Gasteiger charge is -2.18. The van der Waals surface area contributed by atoms with Gasteiger partial charge in [-0.05, 0) is 51.4 Å². The molecule has 0 aliphatic heterocycles. The number of hydrogen-bond donors (Lipinski definition) is 0. The van der Waals surface area contributed by atoms with Gasteiger partial charge < -0.3 is 14.2 Å². The second kappa shape index (κ2) is 42.3. The predicted molar refractivity (Wildman–Crippen MR) is 228 cm³/mol. The maximum atomic E-state index is 12.7. The topological polar surface area (TPSA) is 78.9 Å². The monoisotopic (exact) mass is 751 g/mol. The molecule has 0 fully saturated rings. The highest BCUT2D eigenvalue weighted by atomic mass is 16.6. The minimum absolute atomic E-state index is 0.116. The second-order valence-electron chi connectivity index (χ2n) is 14.0. The lowest BCUT2D eigenvalue weighted by Crippen LogP contribution is -2.30. The van der Waals surface area contributed by atoms with Crippen molar-refractivity contribution in [3.8, 4) is 0 Å². The number of rotatable bonds is 37. The van der Waals surface area contributed by atoms with E-state index in [1.165, 1.54) is 57.8 Å². The Kier molecular flexibility index (Phi) is 39.7. The Balaban J connectivity index is 4.48. The number of unbranched alkanes of at least 4 members (excludes halogenated alkanes) is 16. The average Bonchev–Trinajstić information content (AvgIpc) is 3.17. The molecule has 0 spiro atoms. The van der Waals surface area contributed by atoms with E-state index in [-0.39, 0.29) is 31.6 Å². The van der Waals surface area contributed by atoms with Crippen LogP contribution >= 0.6 is 0 Å². The van der Waals surface area contributed by atoms with Crippen LogP contribution in [0.2, 0.25) is 0 Å². The standard InChI is InChI=1S/C48H78O6/c1-4-7-10-13-16-19-21-23-24-25-27-29-32-35-38-41-47(50)53-44-45(43-52-46(49)40-37-34-31-28-18-15-12-9-6-3)54-48(51)42-39-36-33-30-26-22-20-17-14-11-8-5-2/h7,9-10,12-13,16,18-19,21,23-24,28,34,37,45H,4-6,8,11,14-15,17,20,22,25-27,29-33,35-36,38-44H2,1-3H3/b10-7-,12-9-,16-13-,21-19-,24-23-,28-18-,37-34-. The molecular formula is C48H78O6. The summed E-state index contributed by atoms with van der Waals surface area (Å²) in [5.41, 5.74) is 0. The summed E-state index contributed by atoms with van der Waals surface area (Å²) < 4.78 is 16.5. The van der Waals surface area contributed by atoms with Crippen molar-refractivity contribution in [1.29, 1.82) is 0 Å². The number of hydrogen-bond acceptors (Lipinski definition) is 6. The number of allylic oxidation sites excluding steroid dienone is 13. The molecule has 0 amide bonds. The summed E-state index contributed by atoms with van der Waals surface area (Å²) in [7, 11) is 0. The molecule has 6 heteroatoms. The molecule has 1 atom stereocenters. The van der Waals surface area contributed by atoms with Crippen molar-refractivity contribution in [3.05, 3.63) is 85.1 Å². The summed E-state index contributed by atoms with van der Waals surface area (Å²) >= 11 is 0. The van der Waals surface area contributed by atoms with Crippen molar-refractivity contribution in [2.75, 3.05) is 13.2 Å². The van der Waals surface area contributed by atoms with E-state index in [4.69, 9.17) is 14.2 Å².